The number of hydrogen-bond acceptors (Lipinski definition) is 7. The molecule has 0 spiro atoms. The van der Waals surface area contributed by atoms with Gasteiger partial charge < -0.3 is 23.5 Å². The lowest BCUT2D eigenvalue weighted by molar-refractivity contribution is -0.117. The first-order valence-corrected chi connectivity index (χ1v) is 10.1. The average Bonchev–Trinajstić information content (AvgIpc) is 3.34. The molecule has 0 atom stereocenters. The van der Waals surface area contributed by atoms with Crippen molar-refractivity contribution in [1.82, 2.24) is 4.57 Å². The molecular weight excluding hydrogens is 408 g/mol. The van der Waals surface area contributed by atoms with Crippen molar-refractivity contribution in [2.24, 2.45) is 4.99 Å². The van der Waals surface area contributed by atoms with Crippen molar-refractivity contribution in [3.8, 4) is 11.5 Å². The molecule has 0 aliphatic carbocycles. The molecule has 0 bridgehead atoms. The minimum absolute atomic E-state index is 0.141. The van der Waals surface area contributed by atoms with Crippen LogP contribution in [0.4, 0.5) is 0 Å². The number of rotatable bonds is 6. The lowest BCUT2D eigenvalue weighted by Crippen LogP contribution is -2.19. The van der Waals surface area contributed by atoms with Gasteiger partial charge in [-0.05, 0) is 35.9 Å². The van der Waals surface area contributed by atoms with Crippen LogP contribution >= 0.6 is 11.3 Å². The van der Waals surface area contributed by atoms with Crippen molar-refractivity contribution < 1.29 is 28.5 Å². The van der Waals surface area contributed by atoms with Crippen LogP contribution in [0.5, 0.6) is 11.5 Å². The largest absolute Gasteiger partial charge is 0.465 e. The molecule has 8 nitrogen and oxygen atoms in total. The minimum atomic E-state index is -0.411. The van der Waals surface area contributed by atoms with E-state index in [4.69, 9.17) is 18.9 Å². The van der Waals surface area contributed by atoms with Crippen molar-refractivity contribution in [2.45, 2.75) is 13.0 Å². The van der Waals surface area contributed by atoms with Crippen LogP contribution in [-0.4, -0.2) is 44.1 Å². The van der Waals surface area contributed by atoms with E-state index in [0.29, 0.717) is 35.0 Å². The summed E-state index contributed by atoms with van der Waals surface area (Å²) in [6.07, 6.45) is 0.141. The monoisotopic (exact) mass is 428 g/mol. The minimum Gasteiger partial charge on any atom is -0.465 e. The number of hydrogen-bond donors (Lipinski definition) is 0. The number of carbonyl (C=O) groups is 2. The van der Waals surface area contributed by atoms with Crippen LogP contribution in [0.25, 0.3) is 10.2 Å². The zero-order chi connectivity index (χ0) is 21.1. The van der Waals surface area contributed by atoms with Crippen LogP contribution in [0, 0.1) is 0 Å². The third kappa shape index (κ3) is 4.07. The highest BCUT2D eigenvalue weighted by Gasteiger charge is 2.15. The zero-order valence-corrected chi connectivity index (χ0v) is 17.4. The third-order valence-electron chi connectivity index (χ3n) is 4.64. The van der Waals surface area contributed by atoms with Crippen LogP contribution < -0.4 is 14.3 Å². The fourth-order valence-corrected chi connectivity index (χ4v) is 4.29. The molecule has 4 rings (SSSR count). The Labute approximate surface area is 176 Å². The van der Waals surface area contributed by atoms with E-state index in [2.05, 4.69) is 4.99 Å². The molecule has 156 valence electrons. The van der Waals surface area contributed by atoms with E-state index < -0.39 is 5.97 Å². The normalized spacial score (nSPS) is 13.1. The van der Waals surface area contributed by atoms with E-state index >= 15 is 0 Å². The maximum absolute atomic E-state index is 12.7. The number of esters is 1. The molecule has 3 aromatic rings. The van der Waals surface area contributed by atoms with Gasteiger partial charge in [0, 0.05) is 13.7 Å². The van der Waals surface area contributed by atoms with Gasteiger partial charge in [-0.3, -0.25) is 4.79 Å². The fraction of sp³-hybridized carbons (Fsp3) is 0.286. The molecule has 0 saturated carbocycles. The smallest absolute Gasteiger partial charge is 0.337 e. The first kappa shape index (κ1) is 20.1. The summed E-state index contributed by atoms with van der Waals surface area (Å²) in [6, 6.07) is 10.7. The molecule has 9 heteroatoms. The van der Waals surface area contributed by atoms with Gasteiger partial charge in [0.15, 0.2) is 16.3 Å². The van der Waals surface area contributed by atoms with Crippen molar-refractivity contribution in [3.05, 3.63) is 52.3 Å². The Morgan fingerprint density at radius 3 is 2.77 bits per heavy atom. The van der Waals surface area contributed by atoms with Crippen LogP contribution in [0.3, 0.4) is 0 Å². The number of fused-ring (bicyclic) bond motifs is 2. The number of nitrogens with zero attached hydrogens (tertiary/aromatic N) is 2. The molecule has 1 aliphatic heterocycles. The quantitative estimate of drug-likeness (QED) is 0.561. The number of aromatic nitrogens is 1. The van der Waals surface area contributed by atoms with Gasteiger partial charge in [0.05, 0.1) is 35.9 Å². The van der Waals surface area contributed by atoms with Crippen molar-refractivity contribution in [3.63, 3.8) is 0 Å². The van der Waals surface area contributed by atoms with Gasteiger partial charge in [-0.1, -0.05) is 17.4 Å². The topological polar surface area (TPSA) is 88.4 Å². The third-order valence-corrected chi connectivity index (χ3v) is 5.68. The van der Waals surface area contributed by atoms with E-state index in [1.165, 1.54) is 18.4 Å². The Balaban J connectivity index is 1.67. The summed E-state index contributed by atoms with van der Waals surface area (Å²) in [6.45, 7) is 1.18. The Morgan fingerprint density at radius 2 is 1.97 bits per heavy atom. The van der Waals surface area contributed by atoms with E-state index in [1.54, 1.807) is 31.4 Å². The molecule has 1 aliphatic rings. The SMILES string of the molecule is COCCn1c(=NC(=O)Cc2ccc3c(c2)OCO3)sc2cc(C(=O)OC)ccc21. The second-order valence-electron chi connectivity index (χ2n) is 6.57. The molecule has 0 fully saturated rings. The first-order chi connectivity index (χ1) is 14.6. The molecule has 2 aromatic carbocycles. The predicted octanol–water partition coefficient (Wildman–Crippen LogP) is 2.53. The van der Waals surface area contributed by atoms with Gasteiger partial charge in [-0.15, -0.1) is 0 Å². The summed E-state index contributed by atoms with van der Waals surface area (Å²) in [5.41, 5.74) is 2.12. The average molecular weight is 428 g/mol. The van der Waals surface area contributed by atoms with Crippen molar-refractivity contribution >= 4 is 33.4 Å². The summed E-state index contributed by atoms with van der Waals surface area (Å²) in [5.74, 6) is 0.616. The number of benzene rings is 2. The van der Waals surface area contributed by atoms with Crippen LogP contribution in [0.15, 0.2) is 41.4 Å². The lowest BCUT2D eigenvalue weighted by Gasteiger charge is -2.05. The molecule has 0 saturated heterocycles. The Kier molecular flexibility index (Phi) is 5.82. The molecule has 30 heavy (non-hydrogen) atoms. The van der Waals surface area contributed by atoms with E-state index in [-0.39, 0.29) is 19.1 Å². The second-order valence-corrected chi connectivity index (χ2v) is 7.58. The van der Waals surface area contributed by atoms with Gasteiger partial charge in [0.2, 0.25) is 6.79 Å². The highest BCUT2D eigenvalue weighted by Crippen LogP contribution is 2.32. The second kappa shape index (κ2) is 8.68. The summed E-state index contributed by atoms with van der Waals surface area (Å²) >= 11 is 1.34. The molecule has 1 amide bonds. The zero-order valence-electron chi connectivity index (χ0n) is 16.5. The number of amides is 1. The highest BCUT2D eigenvalue weighted by atomic mass is 32.1. The van der Waals surface area contributed by atoms with Gasteiger partial charge in [-0.25, -0.2) is 4.79 Å². The molecule has 1 aromatic heterocycles. The molecule has 0 N–H and O–H groups in total. The van der Waals surface area contributed by atoms with Gasteiger partial charge in [-0.2, -0.15) is 4.99 Å². The molecular formula is C21H20N2O6S. The fourth-order valence-electron chi connectivity index (χ4n) is 3.17. The number of thiazole rings is 1. The standard InChI is InChI=1S/C21H20N2O6S/c1-26-8-7-23-15-5-4-14(20(25)27-2)11-18(15)30-21(23)22-19(24)10-13-3-6-16-17(9-13)29-12-28-16/h3-6,9,11H,7-8,10,12H2,1-2H3. The summed E-state index contributed by atoms with van der Waals surface area (Å²) in [7, 11) is 2.96. The molecule has 0 radical (unpaired) electrons. The van der Waals surface area contributed by atoms with E-state index in [0.717, 1.165) is 15.8 Å². The molecule has 0 unspecified atom stereocenters. The Morgan fingerprint density at radius 1 is 1.13 bits per heavy atom. The highest BCUT2D eigenvalue weighted by molar-refractivity contribution is 7.16. The van der Waals surface area contributed by atoms with Crippen molar-refractivity contribution in [1.29, 1.82) is 0 Å². The maximum atomic E-state index is 12.7. The number of methoxy groups -OCH3 is 2. The summed E-state index contributed by atoms with van der Waals surface area (Å²) in [4.78, 5) is 29.4. The van der Waals surface area contributed by atoms with Gasteiger partial charge in [0.1, 0.15) is 0 Å². The lowest BCUT2D eigenvalue weighted by atomic mass is 10.1. The van der Waals surface area contributed by atoms with Crippen LogP contribution in [0.2, 0.25) is 0 Å². The van der Waals surface area contributed by atoms with Gasteiger partial charge in [0.25, 0.3) is 5.91 Å². The Bertz CT molecular complexity index is 1180. The predicted molar refractivity (Wildman–Crippen MR) is 110 cm³/mol. The number of ether oxygens (including phenoxy) is 4. The first-order valence-electron chi connectivity index (χ1n) is 9.26. The van der Waals surface area contributed by atoms with Crippen LogP contribution in [0.1, 0.15) is 15.9 Å². The van der Waals surface area contributed by atoms with Gasteiger partial charge >= 0.3 is 5.97 Å². The number of carbonyl (C=O) groups excluding carboxylic acids is 2. The Hall–Kier alpha value is -3.17. The summed E-state index contributed by atoms with van der Waals surface area (Å²) < 4.78 is 23.4. The van der Waals surface area contributed by atoms with Crippen LogP contribution in [-0.2, 0) is 27.2 Å². The maximum Gasteiger partial charge on any atom is 0.337 e. The molecule has 2 heterocycles. The summed E-state index contributed by atoms with van der Waals surface area (Å²) in [5, 5.41) is 0. The van der Waals surface area contributed by atoms with E-state index in [9.17, 15) is 9.59 Å². The van der Waals surface area contributed by atoms with E-state index in [1.807, 2.05) is 16.7 Å². The van der Waals surface area contributed by atoms with Crippen molar-refractivity contribution in [2.75, 3.05) is 27.6 Å².